The van der Waals surface area contributed by atoms with Gasteiger partial charge >= 0.3 is 5.97 Å². The number of halogens is 7. The van der Waals surface area contributed by atoms with Gasteiger partial charge in [-0.05, 0) is 113 Å². The molecule has 316 valence electrons. The number of phenolic OH excluding ortho intramolecular Hbond substituents is 2. The van der Waals surface area contributed by atoms with E-state index >= 15 is 0 Å². The van der Waals surface area contributed by atoms with Crippen molar-refractivity contribution in [1.29, 1.82) is 0 Å². The number of benzene rings is 7. The van der Waals surface area contributed by atoms with Crippen molar-refractivity contribution in [3.05, 3.63) is 185 Å². The van der Waals surface area contributed by atoms with Crippen LogP contribution in [0.25, 0.3) is 33.4 Å². The molecule has 0 unspecified atom stereocenters. The minimum absolute atomic E-state index is 0.0333. The van der Waals surface area contributed by atoms with Gasteiger partial charge in [-0.25, -0.2) is 31.1 Å². The van der Waals surface area contributed by atoms with Gasteiger partial charge in [0.1, 0.15) is 63.5 Å². The van der Waals surface area contributed by atoms with Crippen molar-refractivity contribution in [3.8, 4) is 56.4 Å². The summed E-state index contributed by atoms with van der Waals surface area (Å²) in [6.07, 6.45) is 0. The van der Waals surface area contributed by atoms with Gasteiger partial charge in [0.05, 0.1) is 18.2 Å². The number of nitrogens with one attached hydrogen (secondary N) is 1. The summed E-state index contributed by atoms with van der Waals surface area (Å²) in [5.74, 6) is -6.68. The van der Waals surface area contributed by atoms with Gasteiger partial charge in [-0.3, -0.25) is 9.59 Å². The van der Waals surface area contributed by atoms with Crippen LogP contribution in [0.15, 0.2) is 133 Å². The van der Waals surface area contributed by atoms with Crippen molar-refractivity contribution in [3.63, 3.8) is 0 Å². The maximum Gasteiger partial charge on any atom is 0.339 e. The van der Waals surface area contributed by atoms with Crippen molar-refractivity contribution < 1.29 is 65.9 Å². The van der Waals surface area contributed by atoms with Crippen LogP contribution in [0.5, 0.6) is 23.0 Å². The Balaban J connectivity index is 0.000000181. The molecule has 0 saturated heterocycles. The van der Waals surface area contributed by atoms with Gasteiger partial charge in [0, 0.05) is 46.6 Å². The largest absolute Gasteiger partial charge is 0.507 e. The number of anilines is 1. The average molecular weight is 874 g/mol. The number of carboxylic acid groups (broad SMARTS) is 1. The minimum atomic E-state index is -1.32. The van der Waals surface area contributed by atoms with E-state index in [4.69, 9.17) is 21.4 Å². The molecule has 9 nitrogen and oxygen atoms in total. The predicted octanol–water partition coefficient (Wildman–Crippen LogP) is 11.4. The molecule has 16 heteroatoms. The quantitative estimate of drug-likeness (QED) is 0.0747. The smallest absolute Gasteiger partial charge is 0.339 e. The van der Waals surface area contributed by atoms with Crippen molar-refractivity contribution >= 4 is 34.4 Å². The van der Waals surface area contributed by atoms with Gasteiger partial charge in [-0.15, -0.1) is 0 Å². The molecule has 0 aliphatic rings. The van der Waals surface area contributed by atoms with E-state index in [1.807, 2.05) is 0 Å². The molecule has 0 atom stereocenters. The maximum atomic E-state index is 14.0. The zero-order chi connectivity index (χ0) is 45.2. The second kappa shape index (κ2) is 20.0. The van der Waals surface area contributed by atoms with Crippen molar-refractivity contribution in [2.24, 2.45) is 0 Å². The molecule has 0 aliphatic carbocycles. The third kappa shape index (κ3) is 11.3. The summed E-state index contributed by atoms with van der Waals surface area (Å²) in [7, 11) is 1.51. The normalized spacial score (nSPS) is 10.4. The Bertz CT molecular complexity index is 2710. The summed E-state index contributed by atoms with van der Waals surface area (Å²) in [5.41, 5.74) is 1.22. The molecule has 0 aliphatic heterocycles. The molecule has 0 saturated carbocycles. The molecule has 0 aromatic heterocycles. The number of carboxylic acids is 1. The first-order valence-corrected chi connectivity index (χ1v) is 18.1. The van der Waals surface area contributed by atoms with Gasteiger partial charge in [0.25, 0.3) is 11.1 Å². The standard InChI is InChI=1S/C20H15F2NO3.C13H7ClF2O2.C13H8F2O3/c1-26-15-4-2-3-14(11-15)23-20(25)17-9-12(5-8-19(17)24)16-7-6-13(21)10-18(16)22;14-13(18)10-5-7(1-4-12(10)17)9-3-2-8(15)6-11(9)16;14-8-2-3-9(11(15)6-8)7-1-4-12(16)10(5-7)13(17)18/h2-11,24H,1H3,(H,23,25);1-6,17H;1-6,16H,(H,17,18). The lowest BCUT2D eigenvalue weighted by Gasteiger charge is -2.10. The summed E-state index contributed by atoms with van der Waals surface area (Å²) >= 11 is 5.28. The number of hydrogen-bond donors (Lipinski definition) is 5. The Hall–Kier alpha value is -7.78. The summed E-state index contributed by atoms with van der Waals surface area (Å²) in [6.45, 7) is 0. The van der Waals surface area contributed by atoms with Crippen LogP contribution >= 0.6 is 11.6 Å². The fraction of sp³-hybridized carbons (Fsp3) is 0.0217. The number of hydrogen-bond acceptors (Lipinski definition) is 7. The Kier molecular flexibility index (Phi) is 14.6. The van der Waals surface area contributed by atoms with Gasteiger partial charge < -0.3 is 30.5 Å². The van der Waals surface area contributed by atoms with E-state index in [-0.39, 0.29) is 50.4 Å². The van der Waals surface area contributed by atoms with Crippen LogP contribution in [0.1, 0.15) is 31.1 Å². The summed E-state index contributed by atoms with van der Waals surface area (Å²) < 4.78 is 84.8. The molecule has 7 aromatic rings. The van der Waals surface area contributed by atoms with Crippen LogP contribution in [-0.4, -0.2) is 44.7 Å². The second-order valence-electron chi connectivity index (χ2n) is 12.8. The third-order valence-electron chi connectivity index (χ3n) is 8.73. The number of carbonyl (C=O) groups excluding carboxylic acids is 2. The summed E-state index contributed by atoms with van der Waals surface area (Å²) in [6, 6.07) is 27.6. The molecule has 0 spiro atoms. The topological polar surface area (TPSA) is 153 Å². The molecule has 0 radical (unpaired) electrons. The minimum Gasteiger partial charge on any atom is -0.507 e. The highest BCUT2D eigenvalue weighted by atomic mass is 35.5. The zero-order valence-electron chi connectivity index (χ0n) is 31.8. The Morgan fingerprint density at radius 2 is 0.919 bits per heavy atom. The Morgan fingerprint density at radius 3 is 1.32 bits per heavy atom. The number of aromatic carboxylic acids is 1. The fourth-order valence-corrected chi connectivity index (χ4v) is 5.84. The Morgan fingerprint density at radius 1 is 0.516 bits per heavy atom. The number of carbonyl (C=O) groups is 3. The zero-order valence-corrected chi connectivity index (χ0v) is 32.5. The second-order valence-corrected chi connectivity index (χ2v) is 13.2. The molecule has 0 fully saturated rings. The van der Waals surface area contributed by atoms with Crippen molar-refractivity contribution in [2.75, 3.05) is 12.4 Å². The number of ether oxygens (including phenoxy) is 1. The van der Waals surface area contributed by atoms with Crippen LogP contribution in [0.4, 0.5) is 32.0 Å². The molecule has 0 bridgehead atoms. The molecule has 62 heavy (non-hydrogen) atoms. The first-order valence-electron chi connectivity index (χ1n) is 17.7. The maximum absolute atomic E-state index is 14.0. The highest BCUT2D eigenvalue weighted by Gasteiger charge is 2.17. The molecule has 0 heterocycles. The van der Waals surface area contributed by atoms with Gasteiger partial charge in [-0.2, -0.15) is 0 Å². The summed E-state index contributed by atoms with van der Waals surface area (Å²) in [4.78, 5) is 34.4. The number of methoxy groups -OCH3 is 1. The fourth-order valence-electron chi connectivity index (χ4n) is 5.69. The first kappa shape index (κ1) is 45.3. The Labute approximate surface area is 353 Å². The van der Waals surface area contributed by atoms with Gasteiger partial charge in [-0.1, -0.05) is 24.3 Å². The van der Waals surface area contributed by atoms with E-state index in [0.29, 0.717) is 28.6 Å². The molecule has 7 aromatic carbocycles. The van der Waals surface area contributed by atoms with Crippen molar-refractivity contribution in [2.45, 2.75) is 0 Å². The van der Waals surface area contributed by atoms with E-state index in [9.17, 15) is 56.0 Å². The van der Waals surface area contributed by atoms with E-state index in [1.54, 1.807) is 24.3 Å². The molecule has 1 amide bonds. The molecule has 7 rings (SSSR count). The lowest BCUT2D eigenvalue weighted by molar-refractivity contribution is 0.0693. The van der Waals surface area contributed by atoms with Crippen LogP contribution in [-0.2, 0) is 0 Å². The third-order valence-corrected chi connectivity index (χ3v) is 8.93. The van der Waals surface area contributed by atoms with Crippen molar-refractivity contribution in [1.82, 2.24) is 0 Å². The number of rotatable bonds is 8. The number of phenols is 3. The predicted molar refractivity (Wildman–Crippen MR) is 218 cm³/mol. The van der Waals surface area contributed by atoms with Gasteiger partial charge in [0.2, 0.25) is 0 Å². The highest BCUT2D eigenvalue weighted by Crippen LogP contribution is 2.32. The molecule has 5 N–H and O–H groups in total. The van der Waals surface area contributed by atoms with Gasteiger partial charge in [0.15, 0.2) is 0 Å². The monoisotopic (exact) mass is 873 g/mol. The van der Waals surface area contributed by atoms with E-state index < -0.39 is 57.8 Å². The number of aromatic hydroxyl groups is 3. The SMILES string of the molecule is COc1cccc(NC(=O)c2cc(-c3ccc(F)cc3F)ccc2O)c1.O=C(Cl)c1cc(-c2ccc(F)cc2F)ccc1O.O=C(O)c1cc(-c2ccc(F)cc2F)ccc1O. The van der Waals surface area contributed by atoms with E-state index in [2.05, 4.69) is 5.32 Å². The van der Waals surface area contributed by atoms with Crippen LogP contribution < -0.4 is 10.1 Å². The lowest BCUT2D eigenvalue weighted by Crippen LogP contribution is -2.12. The number of amides is 1. The van der Waals surface area contributed by atoms with E-state index in [1.165, 1.54) is 67.8 Å². The van der Waals surface area contributed by atoms with Crippen LogP contribution in [0.2, 0.25) is 0 Å². The van der Waals surface area contributed by atoms with Crippen LogP contribution in [0, 0.1) is 34.9 Å². The van der Waals surface area contributed by atoms with Crippen LogP contribution in [0.3, 0.4) is 0 Å². The highest BCUT2D eigenvalue weighted by molar-refractivity contribution is 6.68. The first-order chi connectivity index (χ1) is 29.4. The van der Waals surface area contributed by atoms with E-state index in [0.717, 1.165) is 42.5 Å². The summed E-state index contributed by atoms with van der Waals surface area (Å²) in [5, 5.41) is 39.4. The lowest BCUT2D eigenvalue weighted by atomic mass is 10.0. The molecular weight excluding hydrogens is 844 g/mol. The molecular formula is C46H30ClF6NO8. The average Bonchev–Trinajstić information content (AvgIpc) is 3.22.